The molecule has 0 saturated heterocycles. The Morgan fingerprint density at radius 1 is 1.10 bits per heavy atom. The van der Waals surface area contributed by atoms with E-state index < -0.39 is 5.63 Å². The molecule has 158 valence electrons. The number of benzene rings is 2. The fourth-order valence-electron chi connectivity index (χ4n) is 2.93. The zero-order chi connectivity index (χ0) is 21.7. The normalized spacial score (nSPS) is 11.1. The van der Waals surface area contributed by atoms with Gasteiger partial charge in [-0.25, -0.2) is 4.79 Å². The van der Waals surface area contributed by atoms with E-state index in [1.54, 1.807) is 24.3 Å². The van der Waals surface area contributed by atoms with Crippen molar-refractivity contribution < 1.29 is 23.8 Å². The molecular formula is C23H23BrO6. The van der Waals surface area contributed by atoms with Gasteiger partial charge in [0.1, 0.15) is 27.3 Å². The summed E-state index contributed by atoms with van der Waals surface area (Å²) in [4.78, 5) is 23.5. The lowest BCUT2D eigenvalue weighted by molar-refractivity contribution is 0.0965. The first kappa shape index (κ1) is 21.9. The Morgan fingerprint density at radius 2 is 1.83 bits per heavy atom. The number of carbonyl (C=O) groups excluding carboxylic acids is 1. The minimum absolute atomic E-state index is 0.102. The number of phenols is 1. The lowest BCUT2D eigenvalue weighted by Crippen LogP contribution is -2.07. The van der Waals surface area contributed by atoms with E-state index in [9.17, 15) is 14.7 Å². The first-order valence-electron chi connectivity index (χ1n) is 9.69. The summed E-state index contributed by atoms with van der Waals surface area (Å²) in [6.45, 7) is 4.67. The molecule has 3 aromatic rings. The van der Waals surface area contributed by atoms with Crippen molar-refractivity contribution >= 4 is 32.7 Å². The van der Waals surface area contributed by atoms with Gasteiger partial charge in [0, 0.05) is 30.4 Å². The highest BCUT2D eigenvalue weighted by atomic mass is 79.9. The number of rotatable bonds is 9. The number of halogens is 1. The Kier molecular flexibility index (Phi) is 7.15. The number of ether oxygens (including phenoxy) is 2. The number of phenolic OH excluding ortho intramolecular Hbond substituents is 1. The summed E-state index contributed by atoms with van der Waals surface area (Å²) in [5.74, 6) is 1.07. The minimum atomic E-state index is -0.404. The molecule has 0 spiro atoms. The number of aromatic hydroxyl groups is 1. The molecule has 0 amide bonds. The SMILES string of the molecule is CC(C)CC(=O)c1ccc(OCCCOc2ccc3ccc(=O)oc3c2)c(Br)c1O. The van der Waals surface area contributed by atoms with Crippen LogP contribution in [0.25, 0.3) is 11.0 Å². The van der Waals surface area contributed by atoms with Crippen LogP contribution >= 0.6 is 15.9 Å². The van der Waals surface area contributed by atoms with Gasteiger partial charge < -0.3 is 19.0 Å². The average molecular weight is 475 g/mol. The topological polar surface area (TPSA) is 86.0 Å². The number of Topliss-reactive ketones (excluding diaryl/α,β-unsaturated/α-hetero) is 1. The molecule has 0 aliphatic carbocycles. The van der Waals surface area contributed by atoms with Crippen molar-refractivity contribution in [1.82, 2.24) is 0 Å². The van der Waals surface area contributed by atoms with Crippen molar-refractivity contribution in [3.05, 3.63) is 62.9 Å². The molecular weight excluding hydrogens is 452 g/mol. The van der Waals surface area contributed by atoms with E-state index in [1.807, 2.05) is 26.0 Å². The van der Waals surface area contributed by atoms with Crippen LogP contribution in [0.3, 0.4) is 0 Å². The van der Waals surface area contributed by atoms with Gasteiger partial charge in [-0.3, -0.25) is 4.79 Å². The zero-order valence-corrected chi connectivity index (χ0v) is 18.4. The quantitative estimate of drug-likeness (QED) is 0.256. The second kappa shape index (κ2) is 9.80. The van der Waals surface area contributed by atoms with Crippen LogP contribution in [-0.4, -0.2) is 24.1 Å². The van der Waals surface area contributed by atoms with Crippen LogP contribution in [0, 0.1) is 5.92 Å². The van der Waals surface area contributed by atoms with Gasteiger partial charge in [-0.05, 0) is 52.2 Å². The maximum absolute atomic E-state index is 12.2. The highest BCUT2D eigenvalue weighted by Gasteiger charge is 2.18. The maximum Gasteiger partial charge on any atom is 0.336 e. The van der Waals surface area contributed by atoms with Crippen LogP contribution in [0.1, 0.15) is 37.0 Å². The summed E-state index contributed by atoms with van der Waals surface area (Å²) in [6, 6.07) is 11.6. The first-order chi connectivity index (χ1) is 14.3. The summed E-state index contributed by atoms with van der Waals surface area (Å²) in [6.07, 6.45) is 0.966. The van der Waals surface area contributed by atoms with E-state index in [2.05, 4.69) is 15.9 Å². The highest BCUT2D eigenvalue weighted by Crippen LogP contribution is 2.37. The van der Waals surface area contributed by atoms with E-state index in [0.717, 1.165) is 5.39 Å². The molecule has 7 heteroatoms. The second-order valence-corrected chi connectivity index (χ2v) is 8.09. The van der Waals surface area contributed by atoms with E-state index in [1.165, 1.54) is 6.07 Å². The number of fused-ring (bicyclic) bond motifs is 1. The largest absolute Gasteiger partial charge is 0.506 e. The smallest absolute Gasteiger partial charge is 0.336 e. The van der Waals surface area contributed by atoms with Crippen molar-refractivity contribution in [2.75, 3.05) is 13.2 Å². The minimum Gasteiger partial charge on any atom is -0.506 e. The Hall–Kier alpha value is -2.80. The molecule has 0 aliphatic rings. The van der Waals surface area contributed by atoms with Gasteiger partial charge in [-0.15, -0.1) is 0 Å². The van der Waals surface area contributed by atoms with E-state index in [4.69, 9.17) is 13.9 Å². The molecule has 0 unspecified atom stereocenters. The van der Waals surface area contributed by atoms with Gasteiger partial charge in [0.2, 0.25) is 0 Å². The van der Waals surface area contributed by atoms with Crippen molar-refractivity contribution in [2.24, 2.45) is 5.92 Å². The molecule has 1 N–H and O–H groups in total. The molecule has 0 radical (unpaired) electrons. The van der Waals surface area contributed by atoms with Crippen molar-refractivity contribution in [3.63, 3.8) is 0 Å². The van der Waals surface area contributed by atoms with Gasteiger partial charge >= 0.3 is 5.63 Å². The van der Waals surface area contributed by atoms with E-state index >= 15 is 0 Å². The van der Waals surface area contributed by atoms with Crippen LogP contribution in [0.4, 0.5) is 0 Å². The van der Waals surface area contributed by atoms with Crippen LogP contribution in [0.2, 0.25) is 0 Å². The molecule has 3 rings (SSSR count). The van der Waals surface area contributed by atoms with Crippen molar-refractivity contribution in [1.29, 1.82) is 0 Å². The lowest BCUT2D eigenvalue weighted by Gasteiger charge is -2.13. The van der Waals surface area contributed by atoms with Crippen molar-refractivity contribution in [3.8, 4) is 17.2 Å². The summed E-state index contributed by atoms with van der Waals surface area (Å²) >= 11 is 3.31. The molecule has 1 aromatic heterocycles. The van der Waals surface area contributed by atoms with Gasteiger partial charge in [0.25, 0.3) is 0 Å². The molecule has 0 atom stereocenters. The van der Waals surface area contributed by atoms with Gasteiger partial charge in [-0.1, -0.05) is 13.8 Å². The molecule has 30 heavy (non-hydrogen) atoms. The molecule has 6 nitrogen and oxygen atoms in total. The van der Waals surface area contributed by atoms with E-state index in [0.29, 0.717) is 47.6 Å². The second-order valence-electron chi connectivity index (χ2n) is 7.30. The Labute approximate surface area is 182 Å². The maximum atomic E-state index is 12.2. The standard InChI is InChI=1S/C23H23BrO6/c1-14(2)12-18(25)17-7-8-19(22(24)23(17)27)29-11-3-10-28-16-6-4-15-5-9-21(26)30-20(15)13-16/h4-9,13-14,27H,3,10-12H2,1-2H3. The molecule has 2 aromatic carbocycles. The zero-order valence-electron chi connectivity index (χ0n) is 16.8. The predicted octanol–water partition coefficient (Wildman–Crippen LogP) is 5.34. The molecule has 0 fully saturated rings. The molecule has 1 heterocycles. The third-order valence-electron chi connectivity index (χ3n) is 4.38. The Balaban J connectivity index is 1.52. The van der Waals surface area contributed by atoms with Crippen LogP contribution in [0.15, 0.2) is 56.1 Å². The molecule has 0 saturated carbocycles. The van der Waals surface area contributed by atoms with Crippen molar-refractivity contribution in [2.45, 2.75) is 26.7 Å². The molecule has 0 bridgehead atoms. The number of hydrogen-bond donors (Lipinski definition) is 1. The van der Waals surface area contributed by atoms with Crippen LogP contribution < -0.4 is 15.1 Å². The Bertz CT molecular complexity index is 1100. The number of ketones is 1. The summed E-state index contributed by atoms with van der Waals surface area (Å²) in [5.41, 5.74) is 0.357. The third kappa shape index (κ3) is 5.42. The average Bonchev–Trinajstić information content (AvgIpc) is 2.69. The van der Waals surface area contributed by atoms with Crippen LogP contribution in [-0.2, 0) is 0 Å². The number of hydrogen-bond acceptors (Lipinski definition) is 6. The highest BCUT2D eigenvalue weighted by molar-refractivity contribution is 9.10. The Morgan fingerprint density at radius 3 is 2.60 bits per heavy atom. The number of carbonyl (C=O) groups is 1. The van der Waals surface area contributed by atoms with E-state index in [-0.39, 0.29) is 23.0 Å². The lowest BCUT2D eigenvalue weighted by atomic mass is 10.0. The third-order valence-corrected chi connectivity index (χ3v) is 5.15. The summed E-state index contributed by atoms with van der Waals surface area (Å²) < 4.78 is 16.9. The van der Waals surface area contributed by atoms with Gasteiger partial charge in [0.05, 0.1) is 18.8 Å². The van der Waals surface area contributed by atoms with Gasteiger partial charge in [0.15, 0.2) is 5.78 Å². The van der Waals surface area contributed by atoms with Crippen LogP contribution in [0.5, 0.6) is 17.2 Å². The fraction of sp³-hybridized carbons (Fsp3) is 0.304. The first-order valence-corrected chi connectivity index (χ1v) is 10.5. The molecule has 0 aliphatic heterocycles. The summed E-state index contributed by atoms with van der Waals surface area (Å²) in [5, 5.41) is 11.1. The fourth-order valence-corrected chi connectivity index (χ4v) is 3.39. The monoisotopic (exact) mass is 474 g/mol. The summed E-state index contributed by atoms with van der Waals surface area (Å²) in [7, 11) is 0. The predicted molar refractivity (Wildman–Crippen MR) is 118 cm³/mol. The van der Waals surface area contributed by atoms with Gasteiger partial charge in [-0.2, -0.15) is 0 Å².